The fourth-order valence-electron chi connectivity index (χ4n) is 2.97. The zero-order valence-corrected chi connectivity index (χ0v) is 12.2. The average Bonchev–Trinajstić information content (AvgIpc) is 2.47. The maximum absolute atomic E-state index is 14.5. The number of β-amino-alcohol motifs (C(OH)–C–C–N with tert-alkyl or cyclic N) is 1. The average molecular weight is 306 g/mol. The number of aromatic carboxylic acids is 1. The van der Waals surface area contributed by atoms with Crippen molar-refractivity contribution < 1.29 is 19.4 Å². The Balaban J connectivity index is 2.05. The molecule has 1 aromatic rings. The van der Waals surface area contributed by atoms with Gasteiger partial charge in [0.2, 0.25) is 0 Å². The topological polar surface area (TPSA) is 84.6 Å². The second-order valence-electron chi connectivity index (χ2n) is 5.58. The predicted molar refractivity (Wildman–Crippen MR) is 78.3 cm³/mol. The number of nitrogens with zero attached hydrogens (tertiary/aromatic N) is 2. The largest absolute Gasteiger partial charge is 0.478 e. The summed E-state index contributed by atoms with van der Waals surface area (Å²) in [4.78, 5) is 13.0. The quantitative estimate of drug-likeness (QED) is 0.866. The molecule has 5 nitrogen and oxygen atoms in total. The summed E-state index contributed by atoms with van der Waals surface area (Å²) in [5.74, 6) is -1.49. The van der Waals surface area contributed by atoms with E-state index in [1.165, 1.54) is 6.07 Å². The molecule has 0 aromatic heterocycles. The number of likely N-dealkylation sites (tertiary alicyclic amines) is 1. The summed E-state index contributed by atoms with van der Waals surface area (Å²) in [6.07, 6.45) is -1.45. The minimum Gasteiger partial charge on any atom is -0.478 e. The van der Waals surface area contributed by atoms with E-state index in [1.807, 2.05) is 6.07 Å². The number of aliphatic hydroxyl groups excluding tert-OH is 1. The van der Waals surface area contributed by atoms with Crippen molar-refractivity contribution in [1.82, 2.24) is 4.90 Å². The number of nitriles is 1. The summed E-state index contributed by atoms with van der Waals surface area (Å²) in [6, 6.07) is 8.40. The van der Waals surface area contributed by atoms with E-state index >= 15 is 0 Å². The van der Waals surface area contributed by atoms with Crippen LogP contribution in [0, 0.1) is 11.3 Å². The summed E-state index contributed by atoms with van der Waals surface area (Å²) in [6.45, 7) is 0.976. The molecule has 1 aromatic carbocycles. The van der Waals surface area contributed by atoms with Crippen molar-refractivity contribution in [3.63, 3.8) is 0 Å². The minimum absolute atomic E-state index is 0.0265. The van der Waals surface area contributed by atoms with Gasteiger partial charge < -0.3 is 10.2 Å². The maximum atomic E-state index is 14.5. The Bertz CT molecular complexity index is 573. The van der Waals surface area contributed by atoms with Gasteiger partial charge in [-0.3, -0.25) is 4.90 Å². The Kier molecular flexibility index (Phi) is 5.47. The first-order valence-electron chi connectivity index (χ1n) is 7.26. The number of aliphatic hydroxyl groups is 1. The van der Waals surface area contributed by atoms with Gasteiger partial charge in [0, 0.05) is 19.0 Å². The van der Waals surface area contributed by atoms with Crippen LogP contribution in [-0.4, -0.2) is 53.0 Å². The molecule has 1 aliphatic heterocycles. The van der Waals surface area contributed by atoms with Crippen LogP contribution < -0.4 is 0 Å². The molecule has 3 unspecified atom stereocenters. The number of hydrogen-bond donors (Lipinski definition) is 2. The lowest BCUT2D eigenvalue weighted by Crippen LogP contribution is -2.44. The van der Waals surface area contributed by atoms with E-state index in [4.69, 9.17) is 5.26 Å². The maximum Gasteiger partial charge on any atom is 0.335 e. The van der Waals surface area contributed by atoms with Crippen molar-refractivity contribution in [2.75, 3.05) is 19.6 Å². The van der Waals surface area contributed by atoms with E-state index in [0.717, 1.165) is 0 Å². The van der Waals surface area contributed by atoms with Crippen LogP contribution in [0.3, 0.4) is 0 Å². The van der Waals surface area contributed by atoms with Gasteiger partial charge in [0.25, 0.3) is 0 Å². The van der Waals surface area contributed by atoms with Crippen LogP contribution in [0.4, 0.5) is 4.39 Å². The fraction of sp³-hybridized carbons (Fsp3) is 0.500. The van der Waals surface area contributed by atoms with Crippen molar-refractivity contribution in [2.45, 2.75) is 31.0 Å². The van der Waals surface area contributed by atoms with E-state index in [2.05, 4.69) is 0 Å². The number of piperidine rings is 1. The number of rotatable bonds is 5. The number of carboxylic acid groups (broad SMARTS) is 1. The molecule has 0 amide bonds. The summed E-state index contributed by atoms with van der Waals surface area (Å²) in [5, 5.41) is 27.4. The lowest BCUT2D eigenvalue weighted by atomic mass is 9.85. The summed E-state index contributed by atoms with van der Waals surface area (Å²) in [5.41, 5.74) is 0.674. The third-order valence-corrected chi connectivity index (χ3v) is 4.01. The van der Waals surface area contributed by atoms with Gasteiger partial charge in [-0.15, -0.1) is 0 Å². The Morgan fingerprint density at radius 3 is 2.86 bits per heavy atom. The number of halogens is 1. The normalized spacial score (nSPS) is 23.7. The van der Waals surface area contributed by atoms with Crippen LogP contribution in [0.5, 0.6) is 0 Å². The molecule has 1 aliphatic rings. The SMILES string of the molecule is N#CCC(O)CN1CCC(c2ccccc2C(=O)O)C(F)C1. The Morgan fingerprint density at radius 1 is 1.50 bits per heavy atom. The molecular weight excluding hydrogens is 287 g/mol. The van der Waals surface area contributed by atoms with Gasteiger partial charge in [-0.25, -0.2) is 9.18 Å². The van der Waals surface area contributed by atoms with E-state index < -0.39 is 24.2 Å². The molecule has 0 bridgehead atoms. The first kappa shape index (κ1) is 16.4. The van der Waals surface area contributed by atoms with Crippen LogP contribution in [0.1, 0.15) is 34.7 Å². The molecule has 1 saturated heterocycles. The molecule has 2 N–H and O–H groups in total. The van der Waals surface area contributed by atoms with Gasteiger partial charge in [0.1, 0.15) is 6.17 Å². The van der Waals surface area contributed by atoms with Gasteiger partial charge in [-0.2, -0.15) is 5.26 Å². The van der Waals surface area contributed by atoms with Crippen LogP contribution in [0.25, 0.3) is 0 Å². The molecule has 1 fully saturated rings. The third-order valence-electron chi connectivity index (χ3n) is 4.01. The van der Waals surface area contributed by atoms with Crippen molar-refractivity contribution in [3.05, 3.63) is 35.4 Å². The van der Waals surface area contributed by atoms with E-state index in [-0.39, 0.29) is 25.1 Å². The molecule has 0 radical (unpaired) electrons. The fourth-order valence-corrected chi connectivity index (χ4v) is 2.97. The highest BCUT2D eigenvalue weighted by Gasteiger charge is 2.33. The molecule has 22 heavy (non-hydrogen) atoms. The number of hydrogen-bond acceptors (Lipinski definition) is 4. The molecular formula is C16H19FN2O3. The highest BCUT2D eigenvalue weighted by molar-refractivity contribution is 5.89. The van der Waals surface area contributed by atoms with Crippen LogP contribution >= 0.6 is 0 Å². The van der Waals surface area contributed by atoms with Gasteiger partial charge in [-0.05, 0) is 24.6 Å². The second-order valence-corrected chi connectivity index (χ2v) is 5.58. The Labute approximate surface area is 128 Å². The van der Waals surface area contributed by atoms with E-state index in [0.29, 0.717) is 18.5 Å². The van der Waals surface area contributed by atoms with Crippen molar-refractivity contribution in [1.29, 1.82) is 5.26 Å². The number of carbonyl (C=O) groups is 1. The second kappa shape index (κ2) is 7.34. The molecule has 0 aliphatic carbocycles. The van der Waals surface area contributed by atoms with Crippen molar-refractivity contribution in [2.24, 2.45) is 0 Å². The van der Waals surface area contributed by atoms with Crippen LogP contribution in [0.2, 0.25) is 0 Å². The molecule has 0 saturated carbocycles. The monoisotopic (exact) mass is 306 g/mol. The zero-order valence-electron chi connectivity index (χ0n) is 12.2. The highest BCUT2D eigenvalue weighted by atomic mass is 19.1. The molecule has 1 heterocycles. The highest BCUT2D eigenvalue weighted by Crippen LogP contribution is 2.32. The van der Waals surface area contributed by atoms with Crippen molar-refractivity contribution in [3.8, 4) is 6.07 Å². The Hall–Kier alpha value is -1.97. The van der Waals surface area contributed by atoms with E-state index in [1.54, 1.807) is 23.1 Å². The van der Waals surface area contributed by atoms with Crippen LogP contribution in [0.15, 0.2) is 24.3 Å². The lowest BCUT2D eigenvalue weighted by Gasteiger charge is -2.36. The smallest absolute Gasteiger partial charge is 0.335 e. The molecule has 0 spiro atoms. The van der Waals surface area contributed by atoms with Gasteiger partial charge in [0.15, 0.2) is 0 Å². The summed E-state index contributed by atoms with van der Waals surface area (Å²) < 4.78 is 14.5. The standard InChI is InChI=1S/C16H19FN2O3/c17-15-10-19(9-11(20)5-7-18)8-6-13(15)12-3-1-2-4-14(12)16(21)22/h1-4,11,13,15,20H,5-6,8-10H2,(H,21,22). The van der Waals surface area contributed by atoms with E-state index in [9.17, 15) is 19.4 Å². The number of benzene rings is 1. The minimum atomic E-state index is -1.19. The Morgan fingerprint density at radius 2 is 2.23 bits per heavy atom. The molecule has 6 heteroatoms. The first-order chi connectivity index (χ1) is 10.5. The van der Waals surface area contributed by atoms with Crippen molar-refractivity contribution >= 4 is 5.97 Å². The van der Waals surface area contributed by atoms with Crippen LogP contribution in [-0.2, 0) is 0 Å². The predicted octanol–water partition coefficient (Wildman–Crippen LogP) is 1.79. The zero-order chi connectivity index (χ0) is 16.1. The lowest BCUT2D eigenvalue weighted by molar-refractivity contribution is 0.0638. The van der Waals surface area contributed by atoms with Gasteiger partial charge in [-0.1, -0.05) is 18.2 Å². The molecule has 2 rings (SSSR count). The number of carboxylic acids is 1. The number of alkyl halides is 1. The summed E-state index contributed by atoms with van der Waals surface area (Å²) >= 11 is 0. The van der Waals surface area contributed by atoms with Gasteiger partial charge in [0.05, 0.1) is 24.2 Å². The summed E-state index contributed by atoms with van der Waals surface area (Å²) in [7, 11) is 0. The first-order valence-corrected chi connectivity index (χ1v) is 7.26. The third kappa shape index (κ3) is 3.81. The molecule has 118 valence electrons. The van der Waals surface area contributed by atoms with Gasteiger partial charge >= 0.3 is 5.97 Å². The molecule has 3 atom stereocenters.